The molecule has 0 aliphatic carbocycles. The van der Waals surface area contributed by atoms with Crippen molar-refractivity contribution in [2.75, 3.05) is 5.32 Å². The van der Waals surface area contributed by atoms with Gasteiger partial charge in [-0.3, -0.25) is 10.1 Å². The van der Waals surface area contributed by atoms with Crippen LogP contribution in [0.15, 0.2) is 64.8 Å². The maximum atomic E-state index is 9.74. The lowest BCUT2D eigenvalue weighted by atomic mass is 9.76. The number of hydrogen-bond donors (Lipinski definition) is 2. The maximum absolute atomic E-state index is 9.74. The summed E-state index contributed by atoms with van der Waals surface area (Å²) in [5.41, 5.74) is 4.94. The van der Waals surface area contributed by atoms with Gasteiger partial charge in [-0.15, -0.1) is 0 Å². The standard InChI is InChI=1S/C23H20N6/c1-14-19(11-24)22(20(12-25)15(2)27-14)17-8-9-21-18(10-17)23(29-28-21)26-13-16-6-4-3-5-7-16/h3-10,19,22H,13H2,1-2H3,(H2,26,28,29). The summed E-state index contributed by atoms with van der Waals surface area (Å²) in [5, 5.41) is 31.2. The summed E-state index contributed by atoms with van der Waals surface area (Å²) < 4.78 is 0. The van der Waals surface area contributed by atoms with Gasteiger partial charge in [-0.1, -0.05) is 36.4 Å². The van der Waals surface area contributed by atoms with Gasteiger partial charge in [-0.05, 0) is 37.1 Å². The average molecular weight is 380 g/mol. The third-order valence-corrected chi connectivity index (χ3v) is 5.34. The number of allylic oxidation sites excluding steroid dienone is 2. The molecule has 0 spiro atoms. The van der Waals surface area contributed by atoms with E-state index in [4.69, 9.17) is 0 Å². The lowest BCUT2D eigenvalue weighted by Gasteiger charge is -2.26. The van der Waals surface area contributed by atoms with Crippen molar-refractivity contribution in [2.45, 2.75) is 26.3 Å². The van der Waals surface area contributed by atoms with Crippen LogP contribution in [-0.4, -0.2) is 15.9 Å². The molecule has 1 aliphatic rings. The lowest BCUT2D eigenvalue weighted by Crippen LogP contribution is -2.24. The Hall–Kier alpha value is -3.90. The average Bonchev–Trinajstić information content (AvgIpc) is 3.14. The summed E-state index contributed by atoms with van der Waals surface area (Å²) in [6.07, 6.45) is 0. The first-order chi connectivity index (χ1) is 14.1. The van der Waals surface area contributed by atoms with E-state index >= 15 is 0 Å². The van der Waals surface area contributed by atoms with Gasteiger partial charge in [0, 0.05) is 23.6 Å². The Labute approximate surface area is 169 Å². The second kappa shape index (κ2) is 7.61. The van der Waals surface area contributed by atoms with Gasteiger partial charge in [0.2, 0.25) is 0 Å². The molecular weight excluding hydrogens is 360 g/mol. The Kier molecular flexibility index (Phi) is 4.85. The number of nitrogens with zero attached hydrogens (tertiary/aromatic N) is 4. The van der Waals surface area contributed by atoms with Gasteiger partial charge in [0.05, 0.1) is 34.8 Å². The van der Waals surface area contributed by atoms with E-state index < -0.39 is 5.92 Å². The van der Waals surface area contributed by atoms with E-state index in [-0.39, 0.29) is 5.92 Å². The van der Waals surface area contributed by atoms with Crippen LogP contribution in [0.25, 0.3) is 10.9 Å². The number of benzene rings is 2. The van der Waals surface area contributed by atoms with E-state index in [9.17, 15) is 10.5 Å². The van der Waals surface area contributed by atoms with Gasteiger partial charge in [-0.25, -0.2) is 0 Å². The fraction of sp³-hybridized carbons (Fsp3) is 0.217. The van der Waals surface area contributed by atoms with Crippen LogP contribution in [0.2, 0.25) is 0 Å². The van der Waals surface area contributed by atoms with Crippen molar-refractivity contribution in [1.29, 1.82) is 10.5 Å². The summed E-state index contributed by atoms with van der Waals surface area (Å²) in [5.74, 6) is -0.0400. The van der Waals surface area contributed by atoms with Gasteiger partial charge in [-0.2, -0.15) is 15.6 Å². The molecule has 3 aromatic rings. The third-order valence-electron chi connectivity index (χ3n) is 5.34. The van der Waals surface area contributed by atoms with Crippen molar-refractivity contribution in [3.63, 3.8) is 0 Å². The molecule has 4 rings (SSSR count). The van der Waals surface area contributed by atoms with Crippen LogP contribution < -0.4 is 5.32 Å². The molecule has 0 saturated heterocycles. The molecule has 0 saturated carbocycles. The topological polar surface area (TPSA) is 101 Å². The van der Waals surface area contributed by atoms with Crippen LogP contribution in [-0.2, 0) is 6.54 Å². The van der Waals surface area contributed by atoms with Crippen LogP contribution in [0.3, 0.4) is 0 Å². The van der Waals surface area contributed by atoms with Gasteiger partial charge < -0.3 is 5.32 Å². The highest BCUT2D eigenvalue weighted by molar-refractivity contribution is 5.93. The molecule has 2 unspecified atom stereocenters. The predicted molar refractivity (Wildman–Crippen MR) is 113 cm³/mol. The molecule has 2 aromatic carbocycles. The monoisotopic (exact) mass is 380 g/mol. The highest BCUT2D eigenvalue weighted by Crippen LogP contribution is 2.39. The minimum atomic E-state index is -0.460. The number of H-pyrrole nitrogens is 1. The smallest absolute Gasteiger partial charge is 0.156 e. The number of nitriles is 2. The van der Waals surface area contributed by atoms with Crippen molar-refractivity contribution >= 4 is 22.4 Å². The van der Waals surface area contributed by atoms with Crippen molar-refractivity contribution in [2.24, 2.45) is 10.9 Å². The van der Waals surface area contributed by atoms with Crippen molar-refractivity contribution in [3.05, 3.63) is 70.9 Å². The maximum Gasteiger partial charge on any atom is 0.156 e. The van der Waals surface area contributed by atoms with E-state index in [1.165, 1.54) is 0 Å². The first-order valence-corrected chi connectivity index (χ1v) is 9.44. The Morgan fingerprint density at radius 2 is 1.90 bits per heavy atom. The van der Waals surface area contributed by atoms with E-state index in [2.05, 4.69) is 44.8 Å². The summed E-state index contributed by atoms with van der Waals surface area (Å²) in [6.45, 7) is 4.33. The molecule has 2 heterocycles. The third kappa shape index (κ3) is 3.37. The molecule has 6 nitrogen and oxygen atoms in total. The molecule has 0 radical (unpaired) electrons. The fourth-order valence-electron chi connectivity index (χ4n) is 3.85. The second-order valence-corrected chi connectivity index (χ2v) is 7.16. The first kappa shape index (κ1) is 18.5. The van der Waals surface area contributed by atoms with Crippen molar-refractivity contribution in [1.82, 2.24) is 10.2 Å². The van der Waals surface area contributed by atoms with Crippen LogP contribution in [0.5, 0.6) is 0 Å². The van der Waals surface area contributed by atoms with E-state index in [1.54, 1.807) is 0 Å². The molecule has 2 atom stereocenters. The van der Waals surface area contributed by atoms with Crippen LogP contribution in [0.1, 0.15) is 30.9 Å². The summed E-state index contributed by atoms with van der Waals surface area (Å²) in [6, 6.07) is 20.6. The van der Waals surface area contributed by atoms with Gasteiger partial charge in [0.1, 0.15) is 0 Å². The second-order valence-electron chi connectivity index (χ2n) is 7.16. The minimum absolute atomic E-state index is 0.330. The molecule has 2 N–H and O–H groups in total. The minimum Gasteiger partial charge on any atom is -0.364 e. The fourth-order valence-corrected chi connectivity index (χ4v) is 3.85. The van der Waals surface area contributed by atoms with Crippen molar-refractivity contribution < 1.29 is 0 Å². The molecule has 6 heteroatoms. The SMILES string of the molecule is CC1=NC(C)=C(C#N)C(c2ccc3[nH]nc(NCc4ccccc4)c3c2)C1C#N. The molecule has 0 fully saturated rings. The quantitative estimate of drug-likeness (QED) is 0.687. The van der Waals surface area contributed by atoms with Gasteiger partial charge >= 0.3 is 0 Å². The lowest BCUT2D eigenvalue weighted by molar-refractivity contribution is 0.704. The Morgan fingerprint density at radius 1 is 1.10 bits per heavy atom. The van der Waals surface area contributed by atoms with Crippen LogP contribution in [0, 0.1) is 28.6 Å². The number of aromatic amines is 1. The highest BCUT2D eigenvalue weighted by Gasteiger charge is 2.34. The molecule has 0 bridgehead atoms. The molecule has 1 aromatic heterocycles. The summed E-state index contributed by atoms with van der Waals surface area (Å²) in [4.78, 5) is 4.42. The first-order valence-electron chi connectivity index (χ1n) is 9.44. The zero-order valence-electron chi connectivity index (χ0n) is 16.3. The predicted octanol–water partition coefficient (Wildman–Crippen LogP) is 4.67. The largest absolute Gasteiger partial charge is 0.364 e. The molecular formula is C23H20N6. The van der Waals surface area contributed by atoms with Gasteiger partial charge in [0.15, 0.2) is 5.82 Å². The molecule has 0 amide bonds. The number of hydrogen-bond acceptors (Lipinski definition) is 5. The van der Waals surface area contributed by atoms with E-state index in [1.807, 2.05) is 50.2 Å². The summed E-state index contributed by atoms with van der Waals surface area (Å²) in [7, 11) is 0. The number of anilines is 1. The number of nitrogens with one attached hydrogen (secondary N) is 2. The van der Waals surface area contributed by atoms with E-state index in [0.717, 1.165) is 33.6 Å². The Morgan fingerprint density at radius 3 is 2.62 bits per heavy atom. The summed E-state index contributed by atoms with van der Waals surface area (Å²) >= 11 is 0. The van der Waals surface area contributed by atoms with Gasteiger partial charge in [0.25, 0.3) is 0 Å². The Balaban J connectivity index is 1.72. The number of rotatable bonds is 4. The number of aliphatic imine (C=N–C) groups is 1. The number of aromatic nitrogens is 2. The van der Waals surface area contributed by atoms with Crippen LogP contribution >= 0.6 is 0 Å². The Bertz CT molecular complexity index is 1200. The highest BCUT2D eigenvalue weighted by atomic mass is 15.2. The van der Waals surface area contributed by atoms with E-state index in [0.29, 0.717) is 17.8 Å². The zero-order valence-corrected chi connectivity index (χ0v) is 16.3. The van der Waals surface area contributed by atoms with Crippen LogP contribution in [0.4, 0.5) is 5.82 Å². The zero-order chi connectivity index (χ0) is 20.4. The molecule has 142 valence electrons. The van der Waals surface area contributed by atoms with Crippen molar-refractivity contribution in [3.8, 4) is 12.1 Å². The normalized spacial score (nSPS) is 18.8. The number of fused-ring (bicyclic) bond motifs is 1. The molecule has 1 aliphatic heterocycles. The molecule has 29 heavy (non-hydrogen) atoms.